The van der Waals surface area contributed by atoms with E-state index >= 15 is 0 Å². The molecule has 2 N–H and O–H groups in total. The summed E-state index contributed by atoms with van der Waals surface area (Å²) in [5.74, 6) is -0.328. The molecule has 0 aromatic heterocycles. The summed E-state index contributed by atoms with van der Waals surface area (Å²) in [4.78, 5) is 62.4. The quantitative estimate of drug-likeness (QED) is 0.146. The highest BCUT2D eigenvalue weighted by atomic mass is 16.6. The van der Waals surface area contributed by atoms with Crippen molar-refractivity contribution in [1.82, 2.24) is 25.3 Å². The summed E-state index contributed by atoms with van der Waals surface area (Å²) in [5.41, 5.74) is -2.08. The maximum atomic E-state index is 14.1. The molecule has 3 fully saturated rings. The average Bonchev–Trinajstić information content (AvgIpc) is 2.98. The molecule has 3 amide bonds. The summed E-state index contributed by atoms with van der Waals surface area (Å²) in [7, 11) is 2.08. The van der Waals surface area contributed by atoms with Gasteiger partial charge in [-0.1, -0.05) is 0 Å². The largest absolute Gasteiger partial charge is 0.460 e. The number of ether oxygens (including phenoxy) is 4. The number of likely N-dealkylation sites (N-methyl/N-ethyl adjacent to an activating group) is 1. The lowest BCUT2D eigenvalue weighted by molar-refractivity contribution is -0.158. The summed E-state index contributed by atoms with van der Waals surface area (Å²) < 4.78 is 22.7. The molecule has 3 rings (SSSR count). The maximum absolute atomic E-state index is 14.1. The number of guanidine groups is 1. The van der Waals surface area contributed by atoms with Gasteiger partial charge in [0, 0.05) is 44.9 Å². The van der Waals surface area contributed by atoms with Crippen LogP contribution >= 0.6 is 0 Å². The molecule has 3 aliphatic heterocycles. The summed E-state index contributed by atoms with van der Waals surface area (Å²) in [6.45, 7) is 20.1. The van der Waals surface area contributed by atoms with E-state index in [1.807, 2.05) is 30.6 Å². The molecule has 0 bridgehead atoms. The number of esters is 1. The molecule has 0 aromatic carbocycles. The van der Waals surface area contributed by atoms with Gasteiger partial charge in [0.2, 0.25) is 11.9 Å². The van der Waals surface area contributed by atoms with E-state index in [0.29, 0.717) is 45.5 Å². The first kappa shape index (κ1) is 42.4. The van der Waals surface area contributed by atoms with Crippen LogP contribution in [0.2, 0.25) is 0 Å². The second-order valence-electron chi connectivity index (χ2n) is 17.2. The standard InChI is InChI=1S/C37H66N6O8/c1-35(2,3)49-30(44)24-29(38-26-14-13-19-41(10)25-26)31(45)43-20-12-11-15-27(43)18-23-48-28-16-21-42(22-17-28)32(39-33(46)50-36(4,5)6)40-34(47)51-37(7,8)9/h26-29,38H,11-25H2,1-10H3,(H,39,40,46,47)/t26?,27-,29-/m0/s1. The molecular weight excluding hydrogens is 656 g/mol. The van der Waals surface area contributed by atoms with E-state index in [2.05, 4.69) is 27.6 Å². The lowest BCUT2D eigenvalue weighted by Crippen LogP contribution is -2.57. The number of carbonyl (C=O) groups excluding carboxylic acids is 4. The minimum Gasteiger partial charge on any atom is -0.460 e. The smallest absolute Gasteiger partial charge is 0.437 e. The van der Waals surface area contributed by atoms with E-state index in [4.69, 9.17) is 18.9 Å². The highest BCUT2D eigenvalue weighted by Gasteiger charge is 2.36. The molecule has 3 atom stereocenters. The van der Waals surface area contributed by atoms with E-state index in [0.717, 1.165) is 45.2 Å². The highest BCUT2D eigenvalue weighted by molar-refractivity contribution is 5.99. The number of nitrogens with zero attached hydrogens (tertiary/aromatic N) is 4. The molecular formula is C37H66N6O8. The summed E-state index contributed by atoms with van der Waals surface area (Å²) in [6.07, 6.45) is 5.35. The fourth-order valence-corrected chi connectivity index (χ4v) is 6.69. The van der Waals surface area contributed by atoms with Crippen LogP contribution in [0, 0.1) is 0 Å². The minimum absolute atomic E-state index is 0.00336. The number of nitrogens with one attached hydrogen (secondary N) is 2. The number of carbonyl (C=O) groups is 4. The van der Waals surface area contributed by atoms with Crippen molar-refractivity contribution in [3.63, 3.8) is 0 Å². The Labute approximate surface area is 305 Å². The van der Waals surface area contributed by atoms with Gasteiger partial charge >= 0.3 is 18.2 Å². The van der Waals surface area contributed by atoms with Gasteiger partial charge in [0.05, 0.1) is 18.6 Å². The van der Waals surface area contributed by atoms with Crippen molar-refractivity contribution in [1.29, 1.82) is 0 Å². The van der Waals surface area contributed by atoms with Gasteiger partial charge in [-0.2, -0.15) is 0 Å². The van der Waals surface area contributed by atoms with Gasteiger partial charge in [-0.3, -0.25) is 14.9 Å². The highest BCUT2D eigenvalue weighted by Crippen LogP contribution is 2.24. The van der Waals surface area contributed by atoms with Crippen LogP contribution in [0.4, 0.5) is 9.59 Å². The van der Waals surface area contributed by atoms with E-state index in [1.54, 1.807) is 41.5 Å². The Hall–Kier alpha value is -2.97. The van der Waals surface area contributed by atoms with Gasteiger partial charge in [-0.15, -0.1) is 4.99 Å². The van der Waals surface area contributed by atoms with Crippen molar-refractivity contribution in [2.75, 3.05) is 46.4 Å². The van der Waals surface area contributed by atoms with Gasteiger partial charge in [0.25, 0.3) is 0 Å². The van der Waals surface area contributed by atoms with Crippen molar-refractivity contribution in [2.24, 2.45) is 4.99 Å². The van der Waals surface area contributed by atoms with Crippen molar-refractivity contribution >= 4 is 30.0 Å². The van der Waals surface area contributed by atoms with Crippen LogP contribution in [-0.4, -0.2) is 132 Å². The normalized spacial score (nSPS) is 22.3. The van der Waals surface area contributed by atoms with Crippen molar-refractivity contribution in [3.05, 3.63) is 0 Å². The molecule has 0 aliphatic carbocycles. The van der Waals surface area contributed by atoms with Gasteiger partial charge in [-0.05, 0) is 127 Å². The number of likely N-dealkylation sites (tertiary alicyclic amines) is 3. The zero-order valence-corrected chi connectivity index (χ0v) is 33.0. The lowest BCUT2D eigenvalue weighted by Gasteiger charge is -2.40. The molecule has 1 unspecified atom stereocenters. The molecule has 3 aliphatic rings. The number of amides is 3. The van der Waals surface area contributed by atoms with Gasteiger partial charge < -0.3 is 39.0 Å². The van der Waals surface area contributed by atoms with Crippen molar-refractivity contribution in [3.8, 4) is 0 Å². The lowest BCUT2D eigenvalue weighted by atomic mass is 9.97. The molecule has 14 nitrogen and oxygen atoms in total. The Balaban J connectivity index is 1.59. The number of piperidine rings is 3. The Morgan fingerprint density at radius 1 is 0.784 bits per heavy atom. The summed E-state index contributed by atoms with van der Waals surface area (Å²) >= 11 is 0. The molecule has 292 valence electrons. The molecule has 0 spiro atoms. The maximum Gasteiger partial charge on any atom is 0.437 e. The summed E-state index contributed by atoms with van der Waals surface area (Å²) in [6, 6.07) is -0.492. The number of aliphatic imine (C=N–C) groups is 1. The molecule has 3 saturated heterocycles. The molecule has 14 heteroatoms. The van der Waals surface area contributed by atoms with Gasteiger partial charge in [0.15, 0.2) is 0 Å². The van der Waals surface area contributed by atoms with Crippen LogP contribution in [0.5, 0.6) is 0 Å². The number of hydrogen-bond donors (Lipinski definition) is 2. The van der Waals surface area contributed by atoms with Crippen LogP contribution in [0.25, 0.3) is 0 Å². The van der Waals surface area contributed by atoms with E-state index in [1.165, 1.54) is 0 Å². The van der Waals surface area contributed by atoms with Crippen LogP contribution in [0.15, 0.2) is 4.99 Å². The number of hydrogen-bond acceptors (Lipinski definition) is 10. The Morgan fingerprint density at radius 3 is 2.04 bits per heavy atom. The number of rotatable bonds is 9. The molecule has 0 aromatic rings. The Morgan fingerprint density at radius 2 is 1.43 bits per heavy atom. The van der Waals surface area contributed by atoms with E-state index in [-0.39, 0.29) is 42.4 Å². The van der Waals surface area contributed by atoms with E-state index < -0.39 is 35.0 Å². The second kappa shape index (κ2) is 18.7. The number of alkyl carbamates (subject to hydrolysis) is 1. The van der Waals surface area contributed by atoms with Crippen molar-refractivity contribution in [2.45, 2.75) is 161 Å². The second-order valence-corrected chi connectivity index (χ2v) is 17.2. The minimum atomic E-state index is -0.798. The molecule has 3 heterocycles. The fraction of sp³-hybridized carbons (Fsp3) is 0.865. The summed E-state index contributed by atoms with van der Waals surface area (Å²) in [5, 5.41) is 6.18. The third kappa shape index (κ3) is 16.1. The zero-order valence-electron chi connectivity index (χ0n) is 33.0. The molecule has 51 heavy (non-hydrogen) atoms. The van der Waals surface area contributed by atoms with E-state index in [9.17, 15) is 19.2 Å². The van der Waals surface area contributed by atoms with Crippen LogP contribution < -0.4 is 10.6 Å². The Bertz CT molecular complexity index is 1200. The predicted octanol–water partition coefficient (Wildman–Crippen LogP) is 4.84. The molecule has 0 saturated carbocycles. The fourth-order valence-electron chi connectivity index (χ4n) is 6.69. The van der Waals surface area contributed by atoms with Crippen molar-refractivity contribution < 1.29 is 38.1 Å². The first-order chi connectivity index (χ1) is 23.7. The average molecular weight is 723 g/mol. The third-order valence-electron chi connectivity index (χ3n) is 8.81. The molecule has 0 radical (unpaired) electrons. The van der Waals surface area contributed by atoms with Gasteiger partial charge in [-0.25, -0.2) is 9.59 Å². The van der Waals surface area contributed by atoms with Gasteiger partial charge in [0.1, 0.15) is 16.8 Å². The first-order valence-electron chi connectivity index (χ1n) is 18.8. The topological polar surface area (TPSA) is 151 Å². The SMILES string of the molecule is CN1CCCC(N[C@@H](CC(=O)OC(C)(C)C)C(=O)N2CCCC[C@H]2CCOC2CCN(C(=NC(=O)OC(C)(C)C)NC(=O)OC(C)(C)C)CC2)C1. The van der Waals surface area contributed by atoms with Crippen LogP contribution in [0.3, 0.4) is 0 Å². The van der Waals surface area contributed by atoms with Crippen LogP contribution in [-0.2, 0) is 28.5 Å². The zero-order chi connectivity index (χ0) is 38.0. The monoisotopic (exact) mass is 722 g/mol. The first-order valence-corrected chi connectivity index (χ1v) is 18.8. The third-order valence-corrected chi connectivity index (χ3v) is 8.81. The van der Waals surface area contributed by atoms with Crippen LogP contribution in [0.1, 0.15) is 120 Å². The predicted molar refractivity (Wildman–Crippen MR) is 195 cm³/mol. The Kier molecular flexibility index (Phi) is 15.5.